The maximum absolute atomic E-state index is 13.0. The molecule has 1 saturated heterocycles. The predicted molar refractivity (Wildman–Crippen MR) is 116 cm³/mol. The lowest BCUT2D eigenvalue weighted by atomic mass is 9.89. The molecule has 1 aromatic heterocycles. The summed E-state index contributed by atoms with van der Waals surface area (Å²) >= 11 is 1.62. The summed E-state index contributed by atoms with van der Waals surface area (Å²) in [6, 6.07) is 15.3. The maximum Gasteiger partial charge on any atom is 0.266 e. The lowest BCUT2D eigenvalue weighted by Gasteiger charge is -2.47. The first kappa shape index (κ1) is 20.1. The summed E-state index contributed by atoms with van der Waals surface area (Å²) in [5.41, 5.74) is 4.74. The molecule has 3 aromatic rings. The van der Waals surface area contributed by atoms with Crippen LogP contribution in [-0.4, -0.2) is 28.4 Å². The van der Waals surface area contributed by atoms with Gasteiger partial charge in [0.05, 0.1) is 22.3 Å². The van der Waals surface area contributed by atoms with Gasteiger partial charge in [-0.05, 0) is 50.1 Å². The van der Waals surface area contributed by atoms with E-state index in [1.54, 1.807) is 23.5 Å². The predicted octanol–water partition coefficient (Wildman–Crippen LogP) is 4.51. The highest BCUT2D eigenvalue weighted by molar-refractivity contribution is 7.09. The summed E-state index contributed by atoms with van der Waals surface area (Å²) in [7, 11) is 0. The Kier molecular flexibility index (Phi) is 5.56. The van der Waals surface area contributed by atoms with Gasteiger partial charge in [-0.25, -0.2) is 4.98 Å². The topological polar surface area (TPSA) is 66.2 Å². The van der Waals surface area contributed by atoms with Gasteiger partial charge in [-0.2, -0.15) is 5.26 Å². The summed E-state index contributed by atoms with van der Waals surface area (Å²) < 4.78 is 6.19. The van der Waals surface area contributed by atoms with Gasteiger partial charge >= 0.3 is 0 Å². The Morgan fingerprint density at radius 2 is 1.93 bits per heavy atom. The number of rotatable bonds is 6. The highest BCUT2D eigenvalue weighted by Crippen LogP contribution is 2.38. The second-order valence-corrected chi connectivity index (χ2v) is 8.69. The van der Waals surface area contributed by atoms with E-state index in [4.69, 9.17) is 10.00 Å². The SMILES string of the molecule is Cc1ccc(O[C@@H]2C(=O)N(CCc3csc(C)n3)[C@@H]2c2ccc(C#N)cc2)c(C)c1. The molecule has 1 amide bonds. The number of aromatic nitrogens is 1. The van der Waals surface area contributed by atoms with Gasteiger partial charge in [0.25, 0.3) is 5.91 Å². The second kappa shape index (κ2) is 8.29. The zero-order chi connectivity index (χ0) is 21.3. The Morgan fingerprint density at radius 3 is 2.57 bits per heavy atom. The number of carbonyl (C=O) groups excluding carboxylic acids is 1. The largest absolute Gasteiger partial charge is 0.478 e. The first-order chi connectivity index (χ1) is 14.5. The van der Waals surface area contributed by atoms with E-state index < -0.39 is 6.10 Å². The molecule has 0 bridgehead atoms. The van der Waals surface area contributed by atoms with Crippen molar-refractivity contribution in [3.05, 3.63) is 80.8 Å². The van der Waals surface area contributed by atoms with E-state index in [1.165, 1.54) is 0 Å². The van der Waals surface area contributed by atoms with Gasteiger partial charge in [-0.15, -0.1) is 11.3 Å². The molecule has 0 unspecified atom stereocenters. The molecule has 152 valence electrons. The summed E-state index contributed by atoms with van der Waals surface area (Å²) in [5.74, 6) is 0.712. The number of thiazole rings is 1. The molecule has 0 aliphatic carbocycles. The van der Waals surface area contributed by atoms with E-state index in [0.717, 1.165) is 33.1 Å². The summed E-state index contributed by atoms with van der Waals surface area (Å²) in [5, 5.41) is 12.2. The fourth-order valence-corrected chi connectivity index (χ4v) is 4.46. The third-order valence-electron chi connectivity index (χ3n) is 5.39. The van der Waals surface area contributed by atoms with E-state index >= 15 is 0 Å². The Balaban J connectivity index is 1.58. The van der Waals surface area contributed by atoms with Crippen molar-refractivity contribution in [2.45, 2.75) is 39.3 Å². The third-order valence-corrected chi connectivity index (χ3v) is 6.21. The number of β-lactam (4-membered cyclic amide) rings is 1. The normalized spacial score (nSPS) is 18.1. The van der Waals surface area contributed by atoms with Crippen molar-refractivity contribution in [3.8, 4) is 11.8 Å². The van der Waals surface area contributed by atoms with E-state index in [-0.39, 0.29) is 11.9 Å². The third kappa shape index (κ3) is 3.94. The first-order valence-electron chi connectivity index (χ1n) is 9.91. The molecule has 4 rings (SSSR count). The van der Waals surface area contributed by atoms with Crippen molar-refractivity contribution < 1.29 is 9.53 Å². The maximum atomic E-state index is 13.0. The molecule has 0 spiro atoms. The van der Waals surface area contributed by atoms with Gasteiger partial charge in [-0.1, -0.05) is 29.8 Å². The highest BCUT2D eigenvalue weighted by atomic mass is 32.1. The van der Waals surface area contributed by atoms with Crippen LogP contribution in [0.25, 0.3) is 0 Å². The number of hydrogen-bond donors (Lipinski definition) is 0. The highest BCUT2D eigenvalue weighted by Gasteiger charge is 2.50. The fourth-order valence-electron chi connectivity index (χ4n) is 3.82. The number of ether oxygens (including phenoxy) is 1. The van der Waals surface area contributed by atoms with Gasteiger partial charge in [0.15, 0.2) is 0 Å². The lowest BCUT2D eigenvalue weighted by Crippen LogP contribution is -2.61. The van der Waals surface area contributed by atoms with Crippen LogP contribution in [0.3, 0.4) is 0 Å². The molecule has 0 N–H and O–H groups in total. The molecule has 2 aromatic carbocycles. The molecular weight excluding hydrogens is 394 g/mol. The van der Waals surface area contributed by atoms with Crippen LogP contribution in [0.1, 0.15) is 39.0 Å². The van der Waals surface area contributed by atoms with Crippen molar-refractivity contribution in [1.82, 2.24) is 9.88 Å². The zero-order valence-electron chi connectivity index (χ0n) is 17.3. The van der Waals surface area contributed by atoms with Crippen LogP contribution in [0.2, 0.25) is 0 Å². The van der Waals surface area contributed by atoms with Crippen LogP contribution in [-0.2, 0) is 11.2 Å². The van der Waals surface area contributed by atoms with Crippen LogP contribution < -0.4 is 4.74 Å². The molecular formula is C24H23N3O2S. The lowest BCUT2D eigenvalue weighted by molar-refractivity contribution is -0.164. The van der Waals surface area contributed by atoms with Crippen molar-refractivity contribution >= 4 is 17.2 Å². The molecule has 6 heteroatoms. The molecule has 2 atom stereocenters. The van der Waals surface area contributed by atoms with Gasteiger partial charge in [-0.3, -0.25) is 4.79 Å². The average Bonchev–Trinajstić information content (AvgIpc) is 3.16. The minimum absolute atomic E-state index is 0.0173. The summed E-state index contributed by atoms with van der Waals surface area (Å²) in [6.45, 7) is 6.59. The fraction of sp³-hybridized carbons (Fsp3) is 0.292. The van der Waals surface area contributed by atoms with Crippen molar-refractivity contribution in [2.75, 3.05) is 6.54 Å². The Labute approximate surface area is 180 Å². The molecule has 5 nitrogen and oxygen atoms in total. The molecule has 0 saturated carbocycles. The van der Waals surface area contributed by atoms with Gasteiger partial charge in [0.2, 0.25) is 6.10 Å². The number of amides is 1. The van der Waals surface area contributed by atoms with Crippen LogP contribution in [0, 0.1) is 32.1 Å². The first-order valence-corrected chi connectivity index (χ1v) is 10.8. The molecule has 30 heavy (non-hydrogen) atoms. The standard InChI is InChI=1S/C24H23N3O2S/c1-15-4-9-21(16(2)12-15)29-23-22(19-7-5-18(13-25)6-8-19)27(24(23)28)11-10-20-14-30-17(3)26-20/h4-9,12,14,22-23H,10-11H2,1-3H3/t22-,23+/m1/s1. The number of likely N-dealkylation sites (tertiary alicyclic amines) is 1. The Morgan fingerprint density at radius 1 is 1.17 bits per heavy atom. The van der Waals surface area contributed by atoms with E-state index in [9.17, 15) is 4.79 Å². The zero-order valence-corrected chi connectivity index (χ0v) is 18.1. The number of aryl methyl sites for hydroxylation is 3. The number of benzene rings is 2. The second-order valence-electron chi connectivity index (χ2n) is 7.63. The average molecular weight is 418 g/mol. The summed E-state index contributed by atoms with van der Waals surface area (Å²) in [4.78, 5) is 19.4. The van der Waals surface area contributed by atoms with Crippen LogP contribution >= 0.6 is 11.3 Å². The molecule has 1 fully saturated rings. The van der Waals surface area contributed by atoms with Crippen molar-refractivity contribution in [3.63, 3.8) is 0 Å². The van der Waals surface area contributed by atoms with Gasteiger partial charge in [0, 0.05) is 18.3 Å². The number of hydrogen-bond acceptors (Lipinski definition) is 5. The molecule has 2 heterocycles. The molecule has 1 aliphatic rings. The number of nitriles is 1. The number of nitrogens with zero attached hydrogens (tertiary/aromatic N) is 3. The quantitative estimate of drug-likeness (QED) is 0.554. The van der Waals surface area contributed by atoms with E-state index in [0.29, 0.717) is 18.5 Å². The van der Waals surface area contributed by atoms with Gasteiger partial charge in [0.1, 0.15) is 11.8 Å². The monoisotopic (exact) mass is 417 g/mol. The smallest absolute Gasteiger partial charge is 0.266 e. The minimum atomic E-state index is -0.573. The van der Waals surface area contributed by atoms with Crippen LogP contribution in [0.4, 0.5) is 0 Å². The minimum Gasteiger partial charge on any atom is -0.478 e. The van der Waals surface area contributed by atoms with Gasteiger partial charge < -0.3 is 9.64 Å². The van der Waals surface area contributed by atoms with E-state index in [2.05, 4.69) is 17.1 Å². The van der Waals surface area contributed by atoms with Crippen LogP contribution in [0.15, 0.2) is 47.8 Å². The number of carbonyl (C=O) groups is 1. The van der Waals surface area contributed by atoms with E-state index in [1.807, 2.05) is 55.3 Å². The molecule has 1 aliphatic heterocycles. The Hall–Kier alpha value is -3.17. The summed E-state index contributed by atoms with van der Waals surface area (Å²) in [6.07, 6.45) is 0.135. The van der Waals surface area contributed by atoms with Crippen molar-refractivity contribution in [1.29, 1.82) is 5.26 Å². The molecule has 0 radical (unpaired) electrons. The van der Waals surface area contributed by atoms with Crippen LogP contribution in [0.5, 0.6) is 5.75 Å². The Bertz CT molecular complexity index is 1110. The van der Waals surface area contributed by atoms with Crippen molar-refractivity contribution in [2.24, 2.45) is 0 Å².